The van der Waals surface area contributed by atoms with Gasteiger partial charge in [0.1, 0.15) is 6.04 Å². The predicted octanol–water partition coefficient (Wildman–Crippen LogP) is 1.52. The Bertz CT molecular complexity index is 403. The van der Waals surface area contributed by atoms with Crippen LogP contribution < -0.4 is 5.32 Å². The molecule has 0 aliphatic heterocycles. The Morgan fingerprint density at radius 2 is 2.11 bits per heavy atom. The molecule has 1 N–H and O–H groups in total. The van der Waals surface area contributed by atoms with Crippen LogP contribution in [0.15, 0.2) is 17.5 Å². The highest BCUT2D eigenvalue weighted by molar-refractivity contribution is 7.12. The molecule has 0 radical (unpaired) electrons. The summed E-state index contributed by atoms with van der Waals surface area (Å²) in [5, 5.41) is 5.68. The molecule has 0 fully saturated rings. The molecule has 0 saturated carbocycles. The van der Waals surface area contributed by atoms with Gasteiger partial charge in [0.15, 0.2) is 0 Å². The molecular weight excluding hydrogens is 252 g/mol. The van der Waals surface area contributed by atoms with E-state index in [4.69, 9.17) is 4.84 Å². The highest BCUT2D eigenvalue weighted by atomic mass is 32.1. The van der Waals surface area contributed by atoms with Crippen molar-refractivity contribution in [2.45, 2.75) is 19.9 Å². The first-order valence-corrected chi connectivity index (χ1v) is 6.51. The molecule has 1 aromatic rings. The zero-order valence-corrected chi connectivity index (χ0v) is 11.8. The van der Waals surface area contributed by atoms with Crippen LogP contribution in [-0.4, -0.2) is 37.1 Å². The molecular formula is C12H18N2O3S. The number of amides is 2. The molecule has 1 heterocycles. The maximum atomic E-state index is 12.0. The highest BCUT2D eigenvalue weighted by Crippen LogP contribution is 2.11. The second kappa shape index (κ2) is 6.51. The second-order valence-electron chi connectivity index (χ2n) is 4.19. The minimum Gasteiger partial charge on any atom is -0.339 e. The van der Waals surface area contributed by atoms with Crippen LogP contribution in [0.1, 0.15) is 23.5 Å². The molecule has 0 unspecified atom stereocenters. The molecule has 0 saturated heterocycles. The molecule has 1 atom stereocenters. The van der Waals surface area contributed by atoms with E-state index in [0.717, 1.165) is 5.06 Å². The third kappa shape index (κ3) is 3.54. The van der Waals surface area contributed by atoms with E-state index in [2.05, 4.69) is 5.32 Å². The number of nitrogens with one attached hydrogen (secondary N) is 1. The van der Waals surface area contributed by atoms with Crippen molar-refractivity contribution in [1.82, 2.24) is 10.4 Å². The molecule has 0 aromatic carbocycles. The standard InChI is InChI=1S/C12H18N2O3S/c1-8(2)10(12(16)14(3)17-4)13-11(15)9-6-5-7-18-9/h5-8,10H,1-4H3,(H,13,15)/t10-/m1/s1. The number of hydrogen-bond acceptors (Lipinski definition) is 4. The summed E-state index contributed by atoms with van der Waals surface area (Å²) in [6, 6.07) is 2.93. The Morgan fingerprint density at radius 1 is 1.44 bits per heavy atom. The quantitative estimate of drug-likeness (QED) is 0.825. The van der Waals surface area contributed by atoms with Crippen molar-refractivity contribution in [3.8, 4) is 0 Å². The van der Waals surface area contributed by atoms with E-state index in [-0.39, 0.29) is 17.7 Å². The van der Waals surface area contributed by atoms with Crippen LogP contribution in [0.4, 0.5) is 0 Å². The summed E-state index contributed by atoms with van der Waals surface area (Å²) in [7, 11) is 2.94. The van der Waals surface area contributed by atoms with Crippen molar-refractivity contribution in [3.05, 3.63) is 22.4 Å². The summed E-state index contributed by atoms with van der Waals surface area (Å²) < 4.78 is 0. The van der Waals surface area contributed by atoms with Crippen molar-refractivity contribution >= 4 is 23.2 Å². The van der Waals surface area contributed by atoms with Gasteiger partial charge in [-0.1, -0.05) is 19.9 Å². The van der Waals surface area contributed by atoms with Crippen LogP contribution in [0.5, 0.6) is 0 Å². The van der Waals surface area contributed by atoms with Crippen LogP contribution in [0.25, 0.3) is 0 Å². The number of likely N-dealkylation sites (N-methyl/N-ethyl adjacent to an activating group) is 1. The fourth-order valence-corrected chi connectivity index (χ4v) is 2.05. The number of rotatable bonds is 5. The van der Waals surface area contributed by atoms with E-state index >= 15 is 0 Å². The zero-order valence-electron chi connectivity index (χ0n) is 11.0. The molecule has 1 rings (SSSR count). The fourth-order valence-electron chi connectivity index (χ4n) is 1.42. The van der Waals surface area contributed by atoms with Crippen molar-refractivity contribution in [3.63, 3.8) is 0 Å². The Labute approximate surface area is 111 Å². The number of thiophene rings is 1. The first kappa shape index (κ1) is 14.7. The highest BCUT2D eigenvalue weighted by Gasteiger charge is 2.27. The minimum absolute atomic E-state index is 0.0148. The molecule has 6 heteroatoms. The van der Waals surface area contributed by atoms with Gasteiger partial charge >= 0.3 is 0 Å². The van der Waals surface area contributed by atoms with E-state index in [1.807, 2.05) is 19.2 Å². The first-order valence-electron chi connectivity index (χ1n) is 5.63. The topological polar surface area (TPSA) is 58.6 Å². The molecule has 2 amide bonds. The third-order valence-corrected chi connectivity index (χ3v) is 3.42. The summed E-state index contributed by atoms with van der Waals surface area (Å²) in [4.78, 5) is 29.4. The van der Waals surface area contributed by atoms with E-state index in [1.54, 1.807) is 12.1 Å². The van der Waals surface area contributed by atoms with Gasteiger partial charge in [0.2, 0.25) is 0 Å². The van der Waals surface area contributed by atoms with Crippen LogP contribution in [0.3, 0.4) is 0 Å². The average Bonchev–Trinajstić information content (AvgIpc) is 2.87. The van der Waals surface area contributed by atoms with Crippen LogP contribution in [-0.2, 0) is 9.63 Å². The lowest BCUT2D eigenvalue weighted by Gasteiger charge is -2.25. The SMILES string of the molecule is CON(C)C(=O)[C@H](NC(=O)c1cccs1)C(C)C. The lowest BCUT2D eigenvalue weighted by molar-refractivity contribution is -0.171. The van der Waals surface area contributed by atoms with Crippen LogP contribution >= 0.6 is 11.3 Å². The average molecular weight is 270 g/mol. The summed E-state index contributed by atoms with van der Waals surface area (Å²) in [6.07, 6.45) is 0. The van der Waals surface area contributed by atoms with E-state index in [1.165, 1.54) is 25.5 Å². The second-order valence-corrected chi connectivity index (χ2v) is 5.14. The van der Waals surface area contributed by atoms with Gasteiger partial charge in [0, 0.05) is 7.05 Å². The van der Waals surface area contributed by atoms with Gasteiger partial charge < -0.3 is 5.32 Å². The molecule has 0 spiro atoms. The number of carbonyl (C=O) groups is 2. The summed E-state index contributed by atoms with van der Waals surface area (Å²) in [5.74, 6) is -0.516. The minimum atomic E-state index is -0.593. The first-order chi connectivity index (χ1) is 8.47. The van der Waals surface area contributed by atoms with Crippen molar-refractivity contribution in [2.24, 2.45) is 5.92 Å². The Kier molecular flexibility index (Phi) is 5.30. The Hall–Kier alpha value is -1.40. The maximum Gasteiger partial charge on any atom is 0.268 e. The summed E-state index contributed by atoms with van der Waals surface area (Å²) in [5.41, 5.74) is 0. The molecule has 100 valence electrons. The Morgan fingerprint density at radius 3 is 2.56 bits per heavy atom. The Balaban J connectivity index is 2.75. The monoisotopic (exact) mass is 270 g/mol. The van der Waals surface area contributed by atoms with Crippen LogP contribution in [0.2, 0.25) is 0 Å². The normalized spacial score (nSPS) is 12.3. The molecule has 0 bridgehead atoms. The van der Waals surface area contributed by atoms with Crippen LogP contribution in [0, 0.1) is 5.92 Å². The van der Waals surface area contributed by atoms with Gasteiger partial charge in [-0.15, -0.1) is 11.3 Å². The van der Waals surface area contributed by atoms with E-state index < -0.39 is 6.04 Å². The van der Waals surface area contributed by atoms with Gasteiger partial charge in [0.05, 0.1) is 12.0 Å². The van der Waals surface area contributed by atoms with Gasteiger partial charge in [0.25, 0.3) is 11.8 Å². The largest absolute Gasteiger partial charge is 0.339 e. The number of hydrogen-bond donors (Lipinski definition) is 1. The summed E-state index contributed by atoms with van der Waals surface area (Å²) in [6.45, 7) is 3.75. The van der Waals surface area contributed by atoms with E-state index in [0.29, 0.717) is 4.88 Å². The van der Waals surface area contributed by atoms with Crippen molar-refractivity contribution in [2.75, 3.05) is 14.2 Å². The molecule has 0 aliphatic carbocycles. The molecule has 18 heavy (non-hydrogen) atoms. The van der Waals surface area contributed by atoms with Gasteiger partial charge in [-0.3, -0.25) is 14.4 Å². The summed E-state index contributed by atoms with van der Waals surface area (Å²) >= 11 is 1.34. The predicted molar refractivity (Wildman–Crippen MR) is 70.2 cm³/mol. The maximum absolute atomic E-state index is 12.0. The number of carbonyl (C=O) groups excluding carboxylic acids is 2. The van der Waals surface area contributed by atoms with Gasteiger partial charge in [-0.2, -0.15) is 0 Å². The molecule has 1 aromatic heterocycles. The lowest BCUT2D eigenvalue weighted by Crippen LogP contribution is -2.49. The van der Waals surface area contributed by atoms with Gasteiger partial charge in [-0.05, 0) is 17.4 Å². The number of nitrogens with zero attached hydrogens (tertiary/aromatic N) is 1. The zero-order chi connectivity index (χ0) is 13.7. The molecule has 5 nitrogen and oxygen atoms in total. The van der Waals surface area contributed by atoms with E-state index in [9.17, 15) is 9.59 Å². The third-order valence-electron chi connectivity index (χ3n) is 2.55. The fraction of sp³-hybridized carbons (Fsp3) is 0.500. The smallest absolute Gasteiger partial charge is 0.268 e. The van der Waals surface area contributed by atoms with Gasteiger partial charge in [-0.25, -0.2) is 5.06 Å². The molecule has 0 aliphatic rings. The lowest BCUT2D eigenvalue weighted by atomic mass is 10.0. The number of hydroxylamine groups is 2. The van der Waals surface area contributed by atoms with Crippen molar-refractivity contribution in [1.29, 1.82) is 0 Å². The van der Waals surface area contributed by atoms with Crippen molar-refractivity contribution < 1.29 is 14.4 Å².